The number of ether oxygens (including phenoxy) is 1. The van der Waals surface area contributed by atoms with Crippen LogP contribution in [-0.2, 0) is 24.3 Å². The number of likely N-dealkylation sites (tertiary alicyclic amines) is 1. The van der Waals surface area contributed by atoms with Gasteiger partial charge < -0.3 is 9.29 Å². The van der Waals surface area contributed by atoms with Gasteiger partial charge in [0.2, 0.25) is 5.88 Å². The Balaban J connectivity index is 1.34. The van der Waals surface area contributed by atoms with E-state index in [2.05, 4.69) is 56.8 Å². The van der Waals surface area contributed by atoms with Gasteiger partial charge in [0.25, 0.3) is 5.95 Å². The van der Waals surface area contributed by atoms with E-state index >= 15 is 0 Å². The average Bonchev–Trinajstić information content (AvgIpc) is 3.44. The topological polar surface area (TPSA) is 102 Å². The lowest BCUT2D eigenvalue weighted by Gasteiger charge is -2.38. The molecule has 0 radical (unpaired) electrons. The van der Waals surface area contributed by atoms with Crippen molar-refractivity contribution < 1.29 is 9.29 Å². The molecule has 4 aromatic rings. The van der Waals surface area contributed by atoms with E-state index in [9.17, 15) is 4.55 Å². The van der Waals surface area contributed by atoms with E-state index in [1.165, 1.54) is 5.56 Å². The second-order valence-corrected chi connectivity index (χ2v) is 11.9. The van der Waals surface area contributed by atoms with Crippen molar-refractivity contribution in [3.8, 4) is 17.1 Å². The molecule has 2 aromatic heterocycles. The number of aromatic nitrogens is 4. The molecular weight excluding hydrogens is 508 g/mol. The molecule has 3 atom stereocenters. The minimum absolute atomic E-state index is 0.298. The first-order chi connectivity index (χ1) is 19.0. The molecule has 2 aliphatic rings. The van der Waals surface area contributed by atoms with Gasteiger partial charge in [-0.1, -0.05) is 30.3 Å². The molecular formula is C30H34N6O2S. The summed E-state index contributed by atoms with van der Waals surface area (Å²) in [6.07, 6.45) is 4.93. The first-order valence-electron chi connectivity index (χ1n) is 13.6. The SMILES string of the molecule is Cc1cccc(C)c1-c1cc2nc(n1)N[S+]([O-])c1cccc(c1)CCC1CCN(Cc3ccn[nH]3)C[C@@H]1CO2. The second kappa shape index (κ2) is 11.4. The number of benzene rings is 2. The van der Waals surface area contributed by atoms with Crippen LogP contribution in [0.5, 0.6) is 5.88 Å². The molecule has 2 aliphatic heterocycles. The highest BCUT2D eigenvalue weighted by Gasteiger charge is 2.30. The standard InChI is InChI=1S/C30H34N6O2S/c1-20-5-3-6-21(2)29(20)27-16-28-33-30(32-27)35-39(37)26-8-4-7-22(15-26)9-10-23-12-14-36(17-24(23)19-38-28)18-25-11-13-31-34-25/h3-8,11,13,15-16,23-24H,9-10,12,14,17-19H2,1-2H3,(H,31,34)(H,32,33,35)/t23?,24-,39?/m1/s1. The van der Waals surface area contributed by atoms with Crippen molar-refractivity contribution in [3.05, 3.63) is 83.2 Å². The molecule has 202 valence electrons. The highest BCUT2D eigenvalue weighted by Crippen LogP contribution is 2.33. The number of anilines is 1. The monoisotopic (exact) mass is 542 g/mol. The summed E-state index contributed by atoms with van der Waals surface area (Å²) in [4.78, 5) is 12.6. The first-order valence-corrected chi connectivity index (χ1v) is 14.7. The van der Waals surface area contributed by atoms with E-state index in [0.717, 1.165) is 71.9 Å². The van der Waals surface area contributed by atoms with Crippen LogP contribution in [0.25, 0.3) is 11.3 Å². The molecule has 0 saturated carbocycles. The Kier molecular flexibility index (Phi) is 7.54. The number of piperidine rings is 1. The minimum atomic E-state index is -1.49. The summed E-state index contributed by atoms with van der Waals surface area (Å²) in [6.45, 7) is 7.57. The van der Waals surface area contributed by atoms with Gasteiger partial charge in [-0.2, -0.15) is 14.8 Å². The van der Waals surface area contributed by atoms with Gasteiger partial charge in [0.15, 0.2) is 4.90 Å². The van der Waals surface area contributed by atoms with Crippen LogP contribution < -0.4 is 9.46 Å². The van der Waals surface area contributed by atoms with Crippen LogP contribution in [0.15, 0.2) is 65.7 Å². The van der Waals surface area contributed by atoms with Crippen LogP contribution in [0.4, 0.5) is 5.95 Å². The molecule has 1 saturated heterocycles. The second-order valence-electron chi connectivity index (χ2n) is 10.7. The van der Waals surface area contributed by atoms with Crippen LogP contribution in [0.3, 0.4) is 0 Å². The van der Waals surface area contributed by atoms with Crippen LogP contribution in [0.1, 0.15) is 35.2 Å². The normalized spacial score (nSPS) is 21.8. The average molecular weight is 543 g/mol. The van der Waals surface area contributed by atoms with E-state index in [-0.39, 0.29) is 0 Å². The lowest BCUT2D eigenvalue weighted by atomic mass is 9.82. The number of hydrogen-bond donors (Lipinski definition) is 2. The molecule has 1 fully saturated rings. The van der Waals surface area contributed by atoms with Gasteiger partial charge >= 0.3 is 0 Å². The van der Waals surface area contributed by atoms with Crippen molar-refractivity contribution in [2.24, 2.45) is 11.8 Å². The van der Waals surface area contributed by atoms with Crippen LogP contribution in [0, 0.1) is 25.7 Å². The Morgan fingerprint density at radius 3 is 2.69 bits per heavy atom. The molecule has 2 aromatic carbocycles. The zero-order chi connectivity index (χ0) is 26.8. The highest BCUT2D eigenvalue weighted by molar-refractivity contribution is 7.92. The zero-order valence-corrected chi connectivity index (χ0v) is 23.2. The van der Waals surface area contributed by atoms with Gasteiger partial charge in [-0.3, -0.25) is 10.00 Å². The number of aryl methyl sites for hydroxylation is 3. The molecule has 4 bridgehead atoms. The highest BCUT2D eigenvalue weighted by atomic mass is 32.2. The molecule has 8 nitrogen and oxygen atoms in total. The fourth-order valence-electron chi connectivity index (χ4n) is 5.88. The molecule has 0 amide bonds. The molecule has 0 aliphatic carbocycles. The summed E-state index contributed by atoms with van der Waals surface area (Å²) < 4.78 is 22.8. The quantitative estimate of drug-likeness (QED) is 0.348. The van der Waals surface area contributed by atoms with Gasteiger partial charge in [-0.15, -0.1) is 0 Å². The molecule has 2 unspecified atom stereocenters. The Morgan fingerprint density at radius 1 is 1.03 bits per heavy atom. The third-order valence-corrected chi connectivity index (χ3v) is 8.96. The molecule has 39 heavy (non-hydrogen) atoms. The molecule has 0 spiro atoms. The van der Waals surface area contributed by atoms with Crippen LogP contribution >= 0.6 is 0 Å². The molecule has 4 heterocycles. The summed E-state index contributed by atoms with van der Waals surface area (Å²) in [5.41, 5.74) is 6.38. The molecule has 2 N–H and O–H groups in total. The fraction of sp³-hybridized carbons (Fsp3) is 0.367. The summed E-state index contributed by atoms with van der Waals surface area (Å²) in [5.74, 6) is 1.68. The number of fused-ring (bicyclic) bond motifs is 5. The minimum Gasteiger partial charge on any atom is -0.588 e. The first kappa shape index (κ1) is 25.9. The van der Waals surface area contributed by atoms with Gasteiger partial charge in [0.05, 0.1) is 12.3 Å². The van der Waals surface area contributed by atoms with Crippen LogP contribution in [0.2, 0.25) is 0 Å². The van der Waals surface area contributed by atoms with E-state index in [1.807, 2.05) is 42.6 Å². The summed E-state index contributed by atoms with van der Waals surface area (Å²) in [7, 11) is 0. The van der Waals surface area contributed by atoms with Gasteiger partial charge in [0.1, 0.15) is 11.4 Å². The van der Waals surface area contributed by atoms with Crippen molar-refractivity contribution in [1.29, 1.82) is 0 Å². The van der Waals surface area contributed by atoms with Crippen molar-refractivity contribution in [3.63, 3.8) is 0 Å². The summed E-state index contributed by atoms with van der Waals surface area (Å²) in [6, 6.07) is 18.2. The third-order valence-electron chi connectivity index (χ3n) is 7.91. The van der Waals surface area contributed by atoms with Crippen molar-refractivity contribution in [2.75, 3.05) is 24.4 Å². The lowest BCUT2D eigenvalue weighted by Crippen LogP contribution is -2.42. The number of rotatable bonds is 3. The Morgan fingerprint density at radius 2 is 1.87 bits per heavy atom. The predicted octanol–water partition coefficient (Wildman–Crippen LogP) is 5.08. The van der Waals surface area contributed by atoms with E-state index < -0.39 is 11.4 Å². The summed E-state index contributed by atoms with van der Waals surface area (Å²) in [5, 5.41) is 7.21. The third kappa shape index (κ3) is 5.95. The van der Waals surface area contributed by atoms with E-state index in [4.69, 9.17) is 9.72 Å². The lowest BCUT2D eigenvalue weighted by molar-refractivity contribution is 0.0701. The Bertz CT molecular complexity index is 1410. The van der Waals surface area contributed by atoms with Crippen LogP contribution in [-0.4, -0.2) is 49.3 Å². The number of nitrogens with one attached hydrogen (secondary N) is 2. The van der Waals surface area contributed by atoms with Gasteiger partial charge in [-0.25, -0.2) is 4.98 Å². The maximum absolute atomic E-state index is 13.3. The smallest absolute Gasteiger partial charge is 0.269 e. The van der Waals surface area contributed by atoms with Gasteiger partial charge in [-0.05, 0) is 80.5 Å². The summed E-state index contributed by atoms with van der Waals surface area (Å²) >= 11 is -1.49. The zero-order valence-electron chi connectivity index (χ0n) is 22.4. The maximum atomic E-state index is 13.3. The van der Waals surface area contributed by atoms with E-state index in [1.54, 1.807) is 0 Å². The van der Waals surface area contributed by atoms with Gasteiger partial charge in [0, 0.05) is 42.5 Å². The van der Waals surface area contributed by atoms with Crippen molar-refractivity contribution in [2.45, 2.75) is 44.6 Å². The Hall–Kier alpha value is -3.40. The predicted molar refractivity (Wildman–Crippen MR) is 153 cm³/mol. The fourth-order valence-corrected chi connectivity index (χ4v) is 6.71. The van der Waals surface area contributed by atoms with Crippen molar-refractivity contribution >= 4 is 17.3 Å². The maximum Gasteiger partial charge on any atom is 0.269 e. The van der Waals surface area contributed by atoms with Crippen molar-refractivity contribution in [1.82, 2.24) is 25.1 Å². The number of H-pyrrole nitrogens is 1. The number of aromatic amines is 1. The number of hydrogen-bond acceptors (Lipinski definition) is 7. The van der Waals surface area contributed by atoms with E-state index in [0.29, 0.717) is 30.3 Å². The molecule has 9 heteroatoms. The molecule has 6 rings (SSSR count). The Labute approximate surface area is 232 Å². The largest absolute Gasteiger partial charge is 0.588 e. The number of nitrogens with zero attached hydrogens (tertiary/aromatic N) is 4.